The highest BCUT2D eigenvalue weighted by Gasteiger charge is 2.32. The number of H-pyrrole nitrogens is 1. The van der Waals surface area contributed by atoms with Crippen LogP contribution in [0.25, 0.3) is 10.9 Å². The van der Waals surface area contributed by atoms with Crippen molar-refractivity contribution in [3.8, 4) is 0 Å². The molecular formula is C23H26N6O3S. The van der Waals surface area contributed by atoms with Crippen LogP contribution in [0.3, 0.4) is 0 Å². The number of primary amides is 1. The molecule has 0 bridgehead atoms. The van der Waals surface area contributed by atoms with Gasteiger partial charge in [0.15, 0.2) is 0 Å². The number of benzene rings is 1. The number of aromatic amines is 1. The summed E-state index contributed by atoms with van der Waals surface area (Å²) in [5, 5.41) is 0.879. The average Bonchev–Trinajstić information content (AvgIpc) is 2.79. The lowest BCUT2D eigenvalue weighted by molar-refractivity contribution is 0.0998. The highest BCUT2D eigenvalue weighted by molar-refractivity contribution is 7.71. The minimum absolute atomic E-state index is 0.0388. The van der Waals surface area contributed by atoms with E-state index in [1.807, 2.05) is 25.1 Å². The van der Waals surface area contributed by atoms with Gasteiger partial charge >= 0.3 is 5.69 Å². The third-order valence-electron chi connectivity index (χ3n) is 6.73. The number of nitrogens with two attached hydrogens (primary N) is 1. The van der Waals surface area contributed by atoms with Crippen molar-refractivity contribution in [3.63, 3.8) is 0 Å². The van der Waals surface area contributed by atoms with Crippen LogP contribution in [0.5, 0.6) is 0 Å². The quantitative estimate of drug-likeness (QED) is 0.563. The fourth-order valence-electron chi connectivity index (χ4n) is 5.06. The Kier molecular flexibility index (Phi) is 5.41. The zero-order valence-electron chi connectivity index (χ0n) is 18.4. The topological polar surface area (TPSA) is 109 Å². The second-order valence-electron chi connectivity index (χ2n) is 8.66. The second kappa shape index (κ2) is 8.27. The van der Waals surface area contributed by atoms with Crippen molar-refractivity contribution >= 4 is 34.8 Å². The Morgan fingerprint density at radius 2 is 2.00 bits per heavy atom. The van der Waals surface area contributed by atoms with E-state index in [4.69, 9.17) is 18.0 Å². The molecule has 0 spiro atoms. The molecule has 0 aliphatic carbocycles. The fraction of sp³-hybridized carbons (Fsp3) is 0.391. The van der Waals surface area contributed by atoms with Crippen molar-refractivity contribution in [2.75, 3.05) is 24.5 Å². The van der Waals surface area contributed by atoms with Crippen LogP contribution in [0.2, 0.25) is 0 Å². The maximum atomic E-state index is 12.6. The number of piperazine rings is 1. The summed E-state index contributed by atoms with van der Waals surface area (Å²) in [6, 6.07) is 9.74. The lowest BCUT2D eigenvalue weighted by Crippen LogP contribution is -2.56. The summed E-state index contributed by atoms with van der Waals surface area (Å²) in [6.45, 7) is 6.28. The molecule has 2 aliphatic heterocycles. The van der Waals surface area contributed by atoms with E-state index in [0.717, 1.165) is 54.9 Å². The smallest absolute Gasteiger partial charge is 0.326 e. The average molecular weight is 467 g/mol. The van der Waals surface area contributed by atoms with Gasteiger partial charge in [0.1, 0.15) is 16.0 Å². The number of hydrogen-bond donors (Lipinski definition) is 2. The van der Waals surface area contributed by atoms with Crippen LogP contribution < -0.4 is 21.9 Å². The van der Waals surface area contributed by atoms with Crippen LogP contribution in [0, 0.1) is 4.64 Å². The maximum absolute atomic E-state index is 12.6. The third-order valence-corrected chi connectivity index (χ3v) is 7.17. The van der Waals surface area contributed by atoms with Gasteiger partial charge in [-0.3, -0.25) is 23.6 Å². The number of rotatable bonds is 4. The van der Waals surface area contributed by atoms with Gasteiger partial charge in [0.2, 0.25) is 0 Å². The van der Waals surface area contributed by atoms with Crippen molar-refractivity contribution in [1.82, 2.24) is 19.0 Å². The molecule has 1 atom stereocenters. The lowest BCUT2D eigenvalue weighted by atomic mass is 10.0. The number of anilines is 1. The Labute approximate surface area is 195 Å². The SMILES string of the molecule is CCn1c(=O)[nH]c2cc(CN3CCN4c5ccc(C(N)=O)c(=O)n5CCC4C3)ccc2c1=S. The van der Waals surface area contributed by atoms with Crippen molar-refractivity contribution in [3.05, 3.63) is 66.9 Å². The van der Waals surface area contributed by atoms with E-state index < -0.39 is 5.91 Å². The largest absolute Gasteiger partial charge is 0.365 e. The first-order chi connectivity index (χ1) is 15.9. The Morgan fingerprint density at radius 1 is 1.18 bits per heavy atom. The zero-order valence-corrected chi connectivity index (χ0v) is 19.2. The molecule has 1 saturated heterocycles. The number of amides is 1. The molecule has 5 rings (SSSR count). The number of carbonyl (C=O) groups excluding carboxylic acids is 1. The molecule has 33 heavy (non-hydrogen) atoms. The molecule has 4 heterocycles. The van der Waals surface area contributed by atoms with Gasteiger partial charge in [-0.2, -0.15) is 0 Å². The van der Waals surface area contributed by atoms with E-state index in [9.17, 15) is 14.4 Å². The molecule has 3 N–H and O–H groups in total. The van der Waals surface area contributed by atoms with E-state index in [-0.39, 0.29) is 16.8 Å². The first kappa shape index (κ1) is 21.6. The standard InChI is InChI=1S/C23H26N6O3S/c1-2-27-22(33)16-4-3-14(11-18(16)25-23(27)32)12-26-9-10-28-15(13-26)7-8-29-19(28)6-5-17(20(24)30)21(29)31/h3-6,11,15H,2,7-10,12-13H2,1H3,(H2,24,30)(H,25,32). The zero-order chi connectivity index (χ0) is 23.3. The third kappa shape index (κ3) is 3.68. The molecule has 172 valence electrons. The summed E-state index contributed by atoms with van der Waals surface area (Å²) in [5.74, 6) is 0.165. The van der Waals surface area contributed by atoms with Crippen molar-refractivity contribution in [2.45, 2.75) is 39.0 Å². The van der Waals surface area contributed by atoms with Crippen LogP contribution in [0.15, 0.2) is 39.9 Å². The maximum Gasteiger partial charge on any atom is 0.326 e. The van der Waals surface area contributed by atoms with Gasteiger partial charge in [-0.05, 0) is 43.2 Å². The Hall–Kier alpha value is -3.24. The van der Waals surface area contributed by atoms with Crippen molar-refractivity contribution in [2.24, 2.45) is 5.73 Å². The fourth-order valence-corrected chi connectivity index (χ4v) is 5.45. The van der Waals surface area contributed by atoms with E-state index in [0.29, 0.717) is 23.8 Å². The summed E-state index contributed by atoms with van der Waals surface area (Å²) >= 11 is 5.49. The molecule has 3 aromatic rings. The van der Waals surface area contributed by atoms with Crippen LogP contribution in [0.1, 0.15) is 29.3 Å². The molecule has 10 heteroatoms. The van der Waals surface area contributed by atoms with Gasteiger partial charge in [0.25, 0.3) is 11.5 Å². The van der Waals surface area contributed by atoms with Crippen LogP contribution in [-0.4, -0.2) is 50.6 Å². The molecular weight excluding hydrogens is 440 g/mol. The molecule has 0 radical (unpaired) electrons. The lowest BCUT2D eigenvalue weighted by Gasteiger charge is -2.46. The monoisotopic (exact) mass is 466 g/mol. The number of nitrogens with one attached hydrogen (secondary N) is 1. The van der Waals surface area contributed by atoms with E-state index >= 15 is 0 Å². The number of pyridine rings is 1. The Bertz CT molecular complexity index is 1440. The highest BCUT2D eigenvalue weighted by atomic mass is 32.1. The Balaban J connectivity index is 1.35. The summed E-state index contributed by atoms with van der Waals surface area (Å²) in [7, 11) is 0. The predicted octanol–water partition coefficient (Wildman–Crippen LogP) is 1.43. The van der Waals surface area contributed by atoms with Gasteiger partial charge in [0, 0.05) is 50.7 Å². The number of carbonyl (C=O) groups is 1. The molecule has 1 amide bonds. The van der Waals surface area contributed by atoms with Gasteiger partial charge in [0.05, 0.1) is 5.52 Å². The number of fused-ring (bicyclic) bond motifs is 4. The first-order valence-electron chi connectivity index (χ1n) is 11.2. The summed E-state index contributed by atoms with van der Waals surface area (Å²) < 4.78 is 3.79. The van der Waals surface area contributed by atoms with E-state index in [2.05, 4.69) is 20.9 Å². The molecule has 2 aliphatic rings. The highest BCUT2D eigenvalue weighted by Crippen LogP contribution is 2.27. The Morgan fingerprint density at radius 3 is 2.76 bits per heavy atom. The molecule has 1 fully saturated rings. The van der Waals surface area contributed by atoms with E-state index in [1.165, 1.54) is 6.07 Å². The van der Waals surface area contributed by atoms with E-state index in [1.54, 1.807) is 9.13 Å². The van der Waals surface area contributed by atoms with Crippen LogP contribution >= 0.6 is 12.2 Å². The molecule has 1 aromatic carbocycles. The molecule has 0 saturated carbocycles. The van der Waals surface area contributed by atoms with Gasteiger partial charge in [-0.15, -0.1) is 0 Å². The first-order valence-corrected chi connectivity index (χ1v) is 11.6. The number of nitrogens with zero attached hydrogens (tertiary/aromatic N) is 4. The summed E-state index contributed by atoms with van der Waals surface area (Å²) in [6.07, 6.45) is 0.826. The molecule has 1 unspecified atom stereocenters. The minimum atomic E-state index is -0.688. The number of aromatic nitrogens is 3. The molecule has 9 nitrogen and oxygen atoms in total. The molecule has 2 aromatic heterocycles. The van der Waals surface area contributed by atoms with Crippen molar-refractivity contribution < 1.29 is 4.79 Å². The van der Waals surface area contributed by atoms with Crippen molar-refractivity contribution in [1.29, 1.82) is 0 Å². The predicted molar refractivity (Wildman–Crippen MR) is 129 cm³/mol. The van der Waals surface area contributed by atoms with Gasteiger partial charge < -0.3 is 15.6 Å². The van der Waals surface area contributed by atoms with Crippen LogP contribution in [-0.2, 0) is 19.6 Å². The number of hydrogen-bond acceptors (Lipinski definition) is 6. The van der Waals surface area contributed by atoms with Crippen LogP contribution in [0.4, 0.5) is 5.82 Å². The summed E-state index contributed by atoms with van der Waals surface area (Å²) in [5.41, 5.74) is 6.77. The summed E-state index contributed by atoms with van der Waals surface area (Å²) in [4.78, 5) is 44.1. The van der Waals surface area contributed by atoms with Gasteiger partial charge in [-0.1, -0.05) is 18.3 Å². The van der Waals surface area contributed by atoms with Gasteiger partial charge in [-0.25, -0.2) is 4.79 Å². The minimum Gasteiger partial charge on any atom is -0.365 e. The normalized spacial score (nSPS) is 18.2. The second-order valence-corrected chi connectivity index (χ2v) is 9.04.